The summed E-state index contributed by atoms with van der Waals surface area (Å²) in [6.45, 7) is 3.86. The van der Waals surface area contributed by atoms with Gasteiger partial charge in [0.05, 0.1) is 17.8 Å². The molecule has 3 N–H and O–H groups in total. The highest BCUT2D eigenvalue weighted by atomic mass is 16.6. The molecule has 10 heteroatoms. The fourth-order valence-electron chi connectivity index (χ4n) is 3.05. The predicted octanol–water partition coefficient (Wildman–Crippen LogP) is 1.92. The number of benzene rings is 1. The quantitative estimate of drug-likeness (QED) is 0.380. The van der Waals surface area contributed by atoms with E-state index in [2.05, 4.69) is 10.3 Å². The van der Waals surface area contributed by atoms with E-state index in [-0.39, 0.29) is 31.0 Å². The Balaban J connectivity index is 2.21. The first kappa shape index (κ1) is 22.0. The Labute approximate surface area is 167 Å². The predicted molar refractivity (Wildman–Crippen MR) is 104 cm³/mol. The number of nitro groups is 1. The summed E-state index contributed by atoms with van der Waals surface area (Å²) in [7, 11) is 0. The Bertz CT molecular complexity index is 879. The number of hydrogen-bond acceptors (Lipinski definition) is 6. The van der Waals surface area contributed by atoms with E-state index >= 15 is 0 Å². The van der Waals surface area contributed by atoms with Crippen molar-refractivity contribution in [2.75, 3.05) is 0 Å². The Kier molecular flexibility index (Phi) is 7.43. The molecule has 1 aromatic heterocycles. The molecular formula is C19H24N4O6. The molecule has 156 valence electrons. The first-order valence-electron chi connectivity index (χ1n) is 9.12. The lowest BCUT2D eigenvalue weighted by atomic mass is 10.0. The second kappa shape index (κ2) is 9.78. The van der Waals surface area contributed by atoms with Crippen molar-refractivity contribution in [3.8, 4) is 0 Å². The standard InChI is InChI=1S/C19H24N4O6/c1-12(2)7-15(18(24)25)21-16(19(26)27)8-14-9-20-11-22(14)10-13-5-3-4-6-17(13)23(28)29/h3-6,9,11-12,15-16,21H,7-8,10H2,1-2H3,(H,24,25)(H,26,27). The fourth-order valence-corrected chi connectivity index (χ4v) is 3.05. The summed E-state index contributed by atoms with van der Waals surface area (Å²) in [6.07, 6.45) is 3.21. The number of aromatic nitrogens is 2. The van der Waals surface area contributed by atoms with Gasteiger partial charge in [-0.25, -0.2) is 4.98 Å². The summed E-state index contributed by atoms with van der Waals surface area (Å²) in [4.78, 5) is 37.9. The Morgan fingerprint density at radius 1 is 1.21 bits per heavy atom. The molecule has 0 bridgehead atoms. The lowest BCUT2D eigenvalue weighted by Crippen LogP contribution is -2.49. The van der Waals surface area contributed by atoms with Gasteiger partial charge in [-0.05, 0) is 12.3 Å². The maximum absolute atomic E-state index is 11.7. The molecule has 2 aromatic rings. The third-order valence-electron chi connectivity index (χ3n) is 4.45. The van der Waals surface area contributed by atoms with E-state index in [1.165, 1.54) is 18.6 Å². The number of carboxylic acids is 2. The van der Waals surface area contributed by atoms with Gasteiger partial charge in [0.15, 0.2) is 0 Å². The maximum Gasteiger partial charge on any atom is 0.321 e. The topological polar surface area (TPSA) is 148 Å². The summed E-state index contributed by atoms with van der Waals surface area (Å²) in [5.74, 6) is -2.22. The normalized spacial score (nSPS) is 13.2. The van der Waals surface area contributed by atoms with Crippen LogP contribution in [0.3, 0.4) is 0 Å². The average Bonchev–Trinajstić information content (AvgIpc) is 3.06. The monoisotopic (exact) mass is 404 g/mol. The van der Waals surface area contributed by atoms with E-state index in [4.69, 9.17) is 0 Å². The van der Waals surface area contributed by atoms with Crippen molar-refractivity contribution < 1.29 is 24.7 Å². The van der Waals surface area contributed by atoms with Gasteiger partial charge in [-0.15, -0.1) is 0 Å². The van der Waals surface area contributed by atoms with Gasteiger partial charge in [0.1, 0.15) is 12.1 Å². The Hall–Kier alpha value is -3.27. The van der Waals surface area contributed by atoms with Crippen LogP contribution in [0.5, 0.6) is 0 Å². The molecule has 2 unspecified atom stereocenters. The van der Waals surface area contributed by atoms with Gasteiger partial charge in [-0.3, -0.25) is 25.0 Å². The zero-order valence-electron chi connectivity index (χ0n) is 16.2. The van der Waals surface area contributed by atoms with Crippen molar-refractivity contribution in [2.24, 2.45) is 5.92 Å². The summed E-state index contributed by atoms with van der Waals surface area (Å²) in [5.41, 5.74) is 0.944. The molecule has 0 aliphatic heterocycles. The number of para-hydroxylation sites is 1. The molecule has 0 radical (unpaired) electrons. The van der Waals surface area contributed by atoms with Gasteiger partial charge in [0, 0.05) is 29.9 Å². The number of carbonyl (C=O) groups is 2. The van der Waals surface area contributed by atoms with Crippen LogP contribution in [0.15, 0.2) is 36.8 Å². The number of nitrogens with zero attached hydrogens (tertiary/aromatic N) is 3. The molecule has 0 aliphatic rings. The molecule has 0 aliphatic carbocycles. The highest BCUT2D eigenvalue weighted by molar-refractivity contribution is 5.77. The van der Waals surface area contributed by atoms with Gasteiger partial charge in [-0.1, -0.05) is 32.0 Å². The highest BCUT2D eigenvalue weighted by Gasteiger charge is 2.28. The molecule has 29 heavy (non-hydrogen) atoms. The van der Waals surface area contributed by atoms with E-state index in [1.54, 1.807) is 22.8 Å². The van der Waals surface area contributed by atoms with Crippen LogP contribution in [-0.4, -0.2) is 48.7 Å². The molecule has 2 rings (SSSR count). The van der Waals surface area contributed by atoms with Crippen molar-refractivity contribution in [1.29, 1.82) is 0 Å². The van der Waals surface area contributed by atoms with Crippen molar-refractivity contribution in [2.45, 2.75) is 45.3 Å². The van der Waals surface area contributed by atoms with Crippen LogP contribution in [0.25, 0.3) is 0 Å². The first-order valence-corrected chi connectivity index (χ1v) is 9.12. The van der Waals surface area contributed by atoms with E-state index in [9.17, 15) is 29.9 Å². The van der Waals surface area contributed by atoms with E-state index < -0.39 is 28.9 Å². The number of carboxylic acid groups (broad SMARTS) is 2. The molecule has 0 fully saturated rings. The first-order chi connectivity index (χ1) is 13.7. The lowest BCUT2D eigenvalue weighted by molar-refractivity contribution is -0.385. The zero-order valence-corrected chi connectivity index (χ0v) is 16.2. The zero-order chi connectivity index (χ0) is 21.6. The molecule has 10 nitrogen and oxygen atoms in total. The second-order valence-corrected chi connectivity index (χ2v) is 7.18. The SMILES string of the molecule is CC(C)CC(NC(Cc1cncn1Cc1ccccc1[N+](=O)[O-])C(=O)O)C(=O)O. The van der Waals surface area contributed by atoms with Crippen LogP contribution < -0.4 is 5.32 Å². The summed E-state index contributed by atoms with van der Waals surface area (Å²) >= 11 is 0. The second-order valence-electron chi connectivity index (χ2n) is 7.18. The minimum atomic E-state index is -1.18. The van der Waals surface area contributed by atoms with Crippen LogP contribution in [0, 0.1) is 16.0 Å². The van der Waals surface area contributed by atoms with Crippen LogP contribution in [0.4, 0.5) is 5.69 Å². The molecule has 0 saturated carbocycles. The van der Waals surface area contributed by atoms with E-state index in [0.717, 1.165) is 0 Å². The third kappa shape index (κ3) is 6.11. The molecule has 1 heterocycles. The molecule has 1 aromatic carbocycles. The smallest absolute Gasteiger partial charge is 0.321 e. The van der Waals surface area contributed by atoms with Gasteiger partial charge in [-0.2, -0.15) is 0 Å². The molecule has 2 atom stereocenters. The molecule has 0 spiro atoms. The van der Waals surface area contributed by atoms with Crippen LogP contribution in [0.1, 0.15) is 31.5 Å². The van der Waals surface area contributed by atoms with Crippen molar-refractivity contribution in [3.05, 3.63) is 58.2 Å². The van der Waals surface area contributed by atoms with Crippen molar-refractivity contribution in [3.63, 3.8) is 0 Å². The number of rotatable bonds is 11. The van der Waals surface area contributed by atoms with Gasteiger partial charge >= 0.3 is 11.9 Å². The number of nitrogens with one attached hydrogen (secondary N) is 1. The van der Waals surface area contributed by atoms with Gasteiger partial charge in [0.25, 0.3) is 5.69 Å². The van der Waals surface area contributed by atoms with Gasteiger partial charge < -0.3 is 14.8 Å². The molecule has 0 amide bonds. The summed E-state index contributed by atoms with van der Waals surface area (Å²) < 4.78 is 1.62. The minimum absolute atomic E-state index is 0.0160. The number of hydrogen-bond donors (Lipinski definition) is 3. The number of nitro benzene ring substituents is 1. The van der Waals surface area contributed by atoms with Crippen LogP contribution >= 0.6 is 0 Å². The number of aliphatic carboxylic acids is 2. The Morgan fingerprint density at radius 2 is 1.86 bits per heavy atom. The Morgan fingerprint density at radius 3 is 2.45 bits per heavy atom. The summed E-state index contributed by atoms with van der Waals surface area (Å²) in [5, 5.41) is 32.8. The highest BCUT2D eigenvalue weighted by Crippen LogP contribution is 2.20. The summed E-state index contributed by atoms with van der Waals surface area (Å²) in [6, 6.07) is 4.14. The van der Waals surface area contributed by atoms with Crippen LogP contribution in [0.2, 0.25) is 0 Å². The minimum Gasteiger partial charge on any atom is -0.480 e. The molecular weight excluding hydrogens is 380 g/mol. The average molecular weight is 404 g/mol. The molecule has 0 saturated heterocycles. The van der Waals surface area contributed by atoms with E-state index in [1.807, 2.05) is 13.8 Å². The fraction of sp³-hybridized carbons (Fsp3) is 0.421. The lowest BCUT2D eigenvalue weighted by Gasteiger charge is -2.22. The van der Waals surface area contributed by atoms with Crippen molar-refractivity contribution in [1.82, 2.24) is 14.9 Å². The van der Waals surface area contributed by atoms with Crippen molar-refractivity contribution >= 4 is 17.6 Å². The largest absolute Gasteiger partial charge is 0.480 e. The third-order valence-corrected chi connectivity index (χ3v) is 4.45. The van der Waals surface area contributed by atoms with Gasteiger partial charge in [0.2, 0.25) is 0 Å². The van der Waals surface area contributed by atoms with Crippen LogP contribution in [-0.2, 0) is 22.6 Å². The number of imidazole rings is 1. The maximum atomic E-state index is 11.7. The van der Waals surface area contributed by atoms with E-state index in [0.29, 0.717) is 11.3 Å².